The number of methoxy groups -OCH3 is 1. The molecular formula is C15H21Br2NO. The summed E-state index contributed by atoms with van der Waals surface area (Å²) in [5.41, 5.74) is 1.78. The Morgan fingerprint density at radius 1 is 1.32 bits per heavy atom. The Hall–Kier alpha value is -0.0600. The lowest BCUT2D eigenvalue weighted by Crippen LogP contribution is -2.23. The predicted octanol–water partition coefficient (Wildman–Crippen LogP) is 4.89. The SMILES string of the molecule is CCCC1(CNCc2cc(Br)cc(Br)c2OC)CC1. The molecule has 19 heavy (non-hydrogen) atoms. The van der Waals surface area contributed by atoms with Gasteiger partial charge >= 0.3 is 0 Å². The van der Waals surface area contributed by atoms with Crippen LogP contribution in [0.4, 0.5) is 0 Å². The van der Waals surface area contributed by atoms with Gasteiger partial charge in [-0.25, -0.2) is 0 Å². The Morgan fingerprint density at radius 2 is 2.05 bits per heavy atom. The maximum absolute atomic E-state index is 5.47. The third kappa shape index (κ3) is 3.96. The van der Waals surface area contributed by atoms with Crippen molar-refractivity contribution in [2.24, 2.45) is 5.41 Å². The molecule has 106 valence electrons. The summed E-state index contributed by atoms with van der Waals surface area (Å²) in [6, 6.07) is 4.14. The van der Waals surface area contributed by atoms with Gasteiger partial charge in [-0.15, -0.1) is 0 Å². The summed E-state index contributed by atoms with van der Waals surface area (Å²) in [7, 11) is 1.72. The zero-order chi connectivity index (χ0) is 13.9. The van der Waals surface area contributed by atoms with Gasteiger partial charge in [-0.1, -0.05) is 29.3 Å². The maximum atomic E-state index is 5.47. The molecule has 2 nitrogen and oxygen atoms in total. The first kappa shape index (κ1) is 15.3. The van der Waals surface area contributed by atoms with Gasteiger partial charge in [0.1, 0.15) is 5.75 Å². The number of halogens is 2. The second kappa shape index (κ2) is 6.59. The van der Waals surface area contributed by atoms with Gasteiger partial charge in [0.25, 0.3) is 0 Å². The van der Waals surface area contributed by atoms with Crippen LogP contribution < -0.4 is 10.1 Å². The fraction of sp³-hybridized carbons (Fsp3) is 0.600. The van der Waals surface area contributed by atoms with Crippen LogP contribution in [0.2, 0.25) is 0 Å². The molecule has 0 spiro atoms. The predicted molar refractivity (Wildman–Crippen MR) is 86.7 cm³/mol. The quantitative estimate of drug-likeness (QED) is 0.715. The lowest BCUT2D eigenvalue weighted by Gasteiger charge is -2.16. The first-order chi connectivity index (χ1) is 9.10. The normalized spacial score (nSPS) is 16.4. The molecule has 1 aliphatic carbocycles. The standard InChI is InChI=1S/C15H21Br2NO/c1-3-4-15(5-6-15)10-18-9-11-7-12(16)8-13(17)14(11)19-2/h7-8,18H,3-6,9-10H2,1-2H3. The van der Waals surface area contributed by atoms with Crippen LogP contribution in [0.3, 0.4) is 0 Å². The van der Waals surface area contributed by atoms with Gasteiger partial charge in [-0.3, -0.25) is 0 Å². The summed E-state index contributed by atoms with van der Waals surface area (Å²) < 4.78 is 7.54. The maximum Gasteiger partial charge on any atom is 0.137 e. The number of nitrogens with one attached hydrogen (secondary N) is 1. The van der Waals surface area contributed by atoms with E-state index in [4.69, 9.17) is 4.74 Å². The zero-order valence-corrected chi connectivity index (χ0v) is 14.7. The number of hydrogen-bond donors (Lipinski definition) is 1. The number of rotatable bonds is 7. The highest BCUT2D eigenvalue weighted by molar-refractivity contribution is 9.11. The summed E-state index contributed by atoms with van der Waals surface area (Å²) in [4.78, 5) is 0. The molecule has 0 bridgehead atoms. The van der Waals surface area contributed by atoms with Crippen LogP contribution in [-0.4, -0.2) is 13.7 Å². The Labute approximate surface area is 132 Å². The van der Waals surface area contributed by atoms with Crippen LogP contribution in [0.5, 0.6) is 5.75 Å². The van der Waals surface area contributed by atoms with Gasteiger partial charge in [-0.2, -0.15) is 0 Å². The van der Waals surface area contributed by atoms with E-state index >= 15 is 0 Å². The van der Waals surface area contributed by atoms with E-state index in [2.05, 4.69) is 50.2 Å². The van der Waals surface area contributed by atoms with E-state index in [-0.39, 0.29) is 0 Å². The molecule has 2 rings (SSSR count). The minimum atomic E-state index is 0.589. The van der Waals surface area contributed by atoms with Gasteiger partial charge in [0, 0.05) is 23.1 Å². The Balaban J connectivity index is 1.96. The van der Waals surface area contributed by atoms with Crippen LogP contribution in [0.15, 0.2) is 21.1 Å². The van der Waals surface area contributed by atoms with E-state index in [0.29, 0.717) is 5.41 Å². The van der Waals surface area contributed by atoms with Crippen molar-refractivity contribution < 1.29 is 4.74 Å². The van der Waals surface area contributed by atoms with Gasteiger partial charge < -0.3 is 10.1 Å². The molecule has 1 aliphatic rings. The third-order valence-corrected chi connectivity index (χ3v) is 4.89. The van der Waals surface area contributed by atoms with Crippen LogP contribution in [0.25, 0.3) is 0 Å². The molecule has 1 N–H and O–H groups in total. The molecule has 0 saturated heterocycles. The van der Waals surface area contributed by atoms with Crippen molar-refractivity contribution in [2.75, 3.05) is 13.7 Å². The summed E-state index contributed by atoms with van der Waals surface area (Å²) in [5.74, 6) is 0.927. The molecule has 0 radical (unpaired) electrons. The van der Waals surface area contributed by atoms with Crippen molar-refractivity contribution in [1.29, 1.82) is 0 Å². The minimum absolute atomic E-state index is 0.589. The molecule has 0 atom stereocenters. The van der Waals surface area contributed by atoms with Crippen LogP contribution in [0, 0.1) is 5.41 Å². The van der Waals surface area contributed by atoms with Crippen molar-refractivity contribution in [3.63, 3.8) is 0 Å². The smallest absolute Gasteiger partial charge is 0.137 e. The Kier molecular flexibility index (Phi) is 5.32. The third-order valence-electron chi connectivity index (χ3n) is 3.84. The largest absolute Gasteiger partial charge is 0.495 e. The molecule has 0 aliphatic heterocycles. The Bertz CT molecular complexity index is 444. The van der Waals surface area contributed by atoms with E-state index in [1.165, 1.54) is 31.2 Å². The summed E-state index contributed by atoms with van der Waals surface area (Å²) in [6.07, 6.45) is 5.40. The van der Waals surface area contributed by atoms with Crippen molar-refractivity contribution in [2.45, 2.75) is 39.2 Å². The topological polar surface area (TPSA) is 21.3 Å². The second-order valence-corrected chi connectivity index (χ2v) is 7.20. The van der Waals surface area contributed by atoms with Crippen LogP contribution in [-0.2, 0) is 6.54 Å². The zero-order valence-electron chi connectivity index (χ0n) is 11.6. The first-order valence-corrected chi connectivity index (χ1v) is 8.41. The highest BCUT2D eigenvalue weighted by Crippen LogP contribution is 2.49. The summed E-state index contributed by atoms with van der Waals surface area (Å²) in [6.45, 7) is 4.25. The number of benzene rings is 1. The molecule has 0 heterocycles. The van der Waals surface area contributed by atoms with E-state index in [9.17, 15) is 0 Å². The van der Waals surface area contributed by atoms with E-state index in [1.807, 2.05) is 6.07 Å². The van der Waals surface area contributed by atoms with Crippen LogP contribution in [0.1, 0.15) is 38.2 Å². The van der Waals surface area contributed by atoms with E-state index in [0.717, 1.165) is 27.8 Å². The molecule has 1 aromatic rings. The van der Waals surface area contributed by atoms with Crippen molar-refractivity contribution in [3.8, 4) is 5.75 Å². The summed E-state index contributed by atoms with van der Waals surface area (Å²) >= 11 is 7.08. The van der Waals surface area contributed by atoms with E-state index in [1.54, 1.807) is 7.11 Å². The second-order valence-electron chi connectivity index (χ2n) is 5.43. The monoisotopic (exact) mass is 389 g/mol. The molecule has 1 aromatic carbocycles. The molecule has 0 aromatic heterocycles. The molecule has 1 fully saturated rings. The molecule has 1 saturated carbocycles. The van der Waals surface area contributed by atoms with Crippen molar-refractivity contribution in [1.82, 2.24) is 5.32 Å². The van der Waals surface area contributed by atoms with Gasteiger partial charge in [-0.05, 0) is 52.7 Å². The van der Waals surface area contributed by atoms with Gasteiger partial charge in [0.2, 0.25) is 0 Å². The van der Waals surface area contributed by atoms with Gasteiger partial charge in [0.15, 0.2) is 0 Å². The average Bonchev–Trinajstić information content (AvgIpc) is 3.09. The minimum Gasteiger partial charge on any atom is -0.495 e. The van der Waals surface area contributed by atoms with Crippen molar-refractivity contribution in [3.05, 3.63) is 26.6 Å². The lowest BCUT2D eigenvalue weighted by molar-refractivity contribution is 0.395. The average molecular weight is 391 g/mol. The summed E-state index contributed by atoms with van der Waals surface area (Å²) in [5, 5.41) is 3.60. The van der Waals surface area contributed by atoms with Crippen LogP contribution >= 0.6 is 31.9 Å². The van der Waals surface area contributed by atoms with E-state index < -0.39 is 0 Å². The highest BCUT2D eigenvalue weighted by atomic mass is 79.9. The lowest BCUT2D eigenvalue weighted by atomic mass is 10.0. The highest BCUT2D eigenvalue weighted by Gasteiger charge is 2.40. The Morgan fingerprint density at radius 3 is 2.63 bits per heavy atom. The van der Waals surface area contributed by atoms with Gasteiger partial charge in [0.05, 0.1) is 11.6 Å². The molecular weight excluding hydrogens is 370 g/mol. The molecule has 0 amide bonds. The fourth-order valence-electron chi connectivity index (χ4n) is 2.66. The number of hydrogen-bond acceptors (Lipinski definition) is 2. The molecule has 0 unspecified atom stereocenters. The number of ether oxygens (including phenoxy) is 1. The van der Waals surface area contributed by atoms with Crippen molar-refractivity contribution >= 4 is 31.9 Å². The molecule has 4 heteroatoms. The fourth-order valence-corrected chi connectivity index (χ4v) is 4.13. The first-order valence-electron chi connectivity index (χ1n) is 6.83.